The van der Waals surface area contributed by atoms with Crippen molar-refractivity contribution >= 4 is 5.97 Å². The Kier molecular flexibility index (Phi) is 6.79. The van der Waals surface area contributed by atoms with Crippen molar-refractivity contribution in [1.29, 1.82) is 0 Å². The molecule has 1 aromatic carbocycles. The van der Waals surface area contributed by atoms with E-state index in [1.165, 1.54) is 11.1 Å². The highest BCUT2D eigenvalue weighted by Crippen LogP contribution is 2.18. The number of alkyl halides is 3. The number of quaternary nitrogens is 1. The summed E-state index contributed by atoms with van der Waals surface area (Å²) in [5, 5.41) is 18.3. The molecule has 0 saturated carbocycles. The zero-order valence-electron chi connectivity index (χ0n) is 12.0. The van der Waals surface area contributed by atoms with E-state index in [1.807, 2.05) is 0 Å². The molecule has 4 N–H and O–H groups in total. The third kappa shape index (κ3) is 6.00. The molecule has 0 aromatic heterocycles. The van der Waals surface area contributed by atoms with Crippen LogP contribution in [0.4, 0.5) is 13.2 Å². The van der Waals surface area contributed by atoms with E-state index in [0.717, 1.165) is 26.1 Å². The van der Waals surface area contributed by atoms with Gasteiger partial charge in [-0.1, -0.05) is 24.3 Å². The number of carboxylic acid groups (broad SMARTS) is 1. The maximum atomic E-state index is 10.5. The molecule has 22 heavy (non-hydrogen) atoms. The molecule has 8 heteroatoms. The van der Waals surface area contributed by atoms with Gasteiger partial charge in [-0.25, -0.2) is 0 Å². The fourth-order valence-electron chi connectivity index (χ4n) is 2.10. The minimum Gasteiger partial charge on any atom is -0.542 e. The Labute approximate surface area is 126 Å². The van der Waals surface area contributed by atoms with Crippen molar-refractivity contribution in [3.05, 3.63) is 35.4 Å². The molecule has 0 spiro atoms. The largest absolute Gasteiger partial charge is 0.542 e. The minimum atomic E-state index is -5.19. The Morgan fingerprint density at radius 3 is 2.41 bits per heavy atom. The molecule has 0 saturated heterocycles. The van der Waals surface area contributed by atoms with Crippen LogP contribution in [0.3, 0.4) is 0 Å². The van der Waals surface area contributed by atoms with Crippen molar-refractivity contribution in [3.8, 4) is 0 Å². The van der Waals surface area contributed by atoms with Crippen LogP contribution in [0.5, 0.6) is 0 Å². The lowest BCUT2D eigenvalue weighted by atomic mass is 10.00. The highest BCUT2D eigenvalue weighted by Gasteiger charge is 2.28. The fourth-order valence-corrected chi connectivity index (χ4v) is 2.10. The van der Waals surface area contributed by atoms with Gasteiger partial charge >= 0.3 is 6.18 Å². The molecule has 0 amide bonds. The molecular formula is C14H19F3N2O3. The first-order valence-corrected chi connectivity index (χ1v) is 6.78. The molecule has 1 aromatic rings. The summed E-state index contributed by atoms with van der Waals surface area (Å²) in [5.74, 6) is -3.01. The number of nitrogens with zero attached hydrogens (tertiary/aromatic N) is 1. The van der Waals surface area contributed by atoms with E-state index in [0.29, 0.717) is 6.54 Å². The van der Waals surface area contributed by atoms with Gasteiger partial charge in [0.1, 0.15) is 18.6 Å². The second kappa shape index (κ2) is 8.11. The number of β-amino-alcohol motifs (C(OH)–C–C–N with tert-alkyl or cyclic N) is 1. The molecule has 124 valence electrons. The summed E-state index contributed by atoms with van der Waals surface area (Å²) in [7, 11) is 0. The number of carbonyl (C=O) groups is 1. The summed E-state index contributed by atoms with van der Waals surface area (Å²) < 4.78 is 31.5. The Hall–Kier alpha value is -1.64. The van der Waals surface area contributed by atoms with Crippen molar-refractivity contribution in [2.24, 2.45) is 0 Å². The number of benzene rings is 1. The highest BCUT2D eigenvalue weighted by atomic mass is 19.4. The molecule has 0 fully saturated rings. The quantitative estimate of drug-likeness (QED) is 0.743. The van der Waals surface area contributed by atoms with Crippen LogP contribution in [0.2, 0.25) is 0 Å². The normalized spacial score (nSPS) is 16.2. The van der Waals surface area contributed by atoms with Gasteiger partial charge in [-0.05, 0) is 17.5 Å². The number of hydrogen-bond donors (Lipinski definition) is 2. The van der Waals surface area contributed by atoms with E-state index in [-0.39, 0.29) is 6.10 Å². The van der Waals surface area contributed by atoms with Gasteiger partial charge in [0, 0.05) is 19.6 Å². The van der Waals surface area contributed by atoms with Gasteiger partial charge in [0.15, 0.2) is 0 Å². The van der Waals surface area contributed by atoms with Crippen LogP contribution < -0.4 is 10.8 Å². The second-order valence-electron chi connectivity index (χ2n) is 4.98. The molecule has 1 atom stereocenters. The van der Waals surface area contributed by atoms with Crippen LogP contribution in [0, 0.1) is 0 Å². The molecule has 0 radical (unpaired) electrons. The average molecular weight is 320 g/mol. The lowest BCUT2D eigenvalue weighted by Crippen LogP contribution is -2.58. The molecule has 5 nitrogen and oxygen atoms in total. The van der Waals surface area contributed by atoms with E-state index in [2.05, 4.69) is 34.9 Å². The van der Waals surface area contributed by atoms with Crippen molar-refractivity contribution in [2.45, 2.75) is 25.2 Å². The lowest BCUT2D eigenvalue weighted by Gasteiger charge is -2.29. The van der Waals surface area contributed by atoms with Gasteiger partial charge in [0.2, 0.25) is 0 Å². The molecule has 2 rings (SSSR count). The summed E-state index contributed by atoms with van der Waals surface area (Å²) >= 11 is 0. The van der Waals surface area contributed by atoms with Gasteiger partial charge in [-0.3, -0.25) is 4.90 Å². The van der Waals surface area contributed by atoms with E-state index in [4.69, 9.17) is 9.90 Å². The molecule has 1 aliphatic heterocycles. The molecule has 1 heterocycles. The number of aliphatic carboxylic acids is 1. The Morgan fingerprint density at radius 2 is 1.91 bits per heavy atom. The topological polar surface area (TPSA) is 91.2 Å². The number of carboxylic acids is 1. The summed E-state index contributed by atoms with van der Waals surface area (Å²) in [6.07, 6.45) is -4.38. The summed E-state index contributed by atoms with van der Waals surface area (Å²) in [6.45, 7) is 3.36. The zero-order chi connectivity index (χ0) is 16.8. The Balaban J connectivity index is 0.000000295. The van der Waals surface area contributed by atoms with Gasteiger partial charge in [-0.15, -0.1) is 0 Å². The van der Waals surface area contributed by atoms with Crippen molar-refractivity contribution < 1.29 is 33.9 Å². The SMILES string of the molecule is O=C([O-])C(F)(F)F.[NH3+]C[C@H](O)CN1CCc2ccccc2C1. The second-order valence-corrected chi connectivity index (χ2v) is 4.98. The first-order valence-electron chi connectivity index (χ1n) is 6.78. The van der Waals surface area contributed by atoms with Crippen LogP contribution in [0.1, 0.15) is 11.1 Å². The summed E-state index contributed by atoms with van der Waals surface area (Å²) in [5.41, 5.74) is 6.58. The maximum absolute atomic E-state index is 10.5. The molecule has 0 unspecified atom stereocenters. The van der Waals surface area contributed by atoms with Crippen molar-refractivity contribution in [3.63, 3.8) is 0 Å². The third-order valence-electron chi connectivity index (χ3n) is 3.24. The van der Waals surface area contributed by atoms with Crippen LogP contribution in [0.15, 0.2) is 24.3 Å². The van der Waals surface area contributed by atoms with Gasteiger partial charge in [0.05, 0.1) is 0 Å². The van der Waals surface area contributed by atoms with Gasteiger partial charge < -0.3 is 20.7 Å². The third-order valence-corrected chi connectivity index (χ3v) is 3.24. The van der Waals surface area contributed by atoms with Gasteiger partial charge in [-0.2, -0.15) is 13.2 Å². The molecular weight excluding hydrogens is 301 g/mol. The fraction of sp³-hybridized carbons (Fsp3) is 0.500. The number of carbonyl (C=O) groups excluding carboxylic acids is 1. The minimum absolute atomic E-state index is 0.282. The number of aliphatic hydroxyl groups excluding tert-OH is 1. The first-order chi connectivity index (χ1) is 10.2. The number of rotatable bonds is 3. The Bertz CT molecular complexity index is 494. The number of hydrogen-bond acceptors (Lipinski definition) is 4. The summed E-state index contributed by atoms with van der Waals surface area (Å²) in [4.78, 5) is 11.1. The van der Waals surface area contributed by atoms with Crippen molar-refractivity contribution in [1.82, 2.24) is 4.90 Å². The Morgan fingerprint density at radius 1 is 1.36 bits per heavy atom. The predicted molar refractivity (Wildman–Crippen MR) is 70.2 cm³/mol. The zero-order valence-corrected chi connectivity index (χ0v) is 12.0. The van der Waals surface area contributed by atoms with Crippen LogP contribution in [0.25, 0.3) is 0 Å². The highest BCUT2D eigenvalue weighted by molar-refractivity contribution is 5.70. The monoisotopic (exact) mass is 320 g/mol. The first kappa shape index (κ1) is 18.4. The van der Waals surface area contributed by atoms with E-state index < -0.39 is 12.1 Å². The maximum Gasteiger partial charge on any atom is 0.430 e. The number of aliphatic hydroxyl groups is 1. The molecule has 0 aliphatic carbocycles. The van der Waals surface area contributed by atoms with Gasteiger partial charge in [0.25, 0.3) is 0 Å². The average Bonchev–Trinajstić information content (AvgIpc) is 2.46. The standard InChI is InChI=1S/C12H18N2O.C2HF3O2/c13-7-12(15)9-14-6-5-10-3-1-2-4-11(10)8-14;3-2(4,5)1(6)7/h1-4,12,15H,5-9,13H2;(H,6,7)/t12-;/m0./s1. The van der Waals surface area contributed by atoms with E-state index in [1.54, 1.807) is 0 Å². The molecule has 0 bridgehead atoms. The van der Waals surface area contributed by atoms with E-state index in [9.17, 15) is 18.3 Å². The summed E-state index contributed by atoms with van der Waals surface area (Å²) in [6, 6.07) is 8.56. The number of halogens is 3. The predicted octanol–water partition coefficient (Wildman–Crippen LogP) is -1.05. The van der Waals surface area contributed by atoms with Crippen LogP contribution in [-0.2, 0) is 17.8 Å². The lowest BCUT2D eigenvalue weighted by molar-refractivity contribution is -0.384. The van der Waals surface area contributed by atoms with E-state index >= 15 is 0 Å². The number of fused-ring (bicyclic) bond motifs is 1. The van der Waals surface area contributed by atoms with Crippen LogP contribution >= 0.6 is 0 Å². The molecule has 1 aliphatic rings. The van der Waals surface area contributed by atoms with Crippen LogP contribution in [-0.4, -0.2) is 47.9 Å². The smallest absolute Gasteiger partial charge is 0.430 e. The van der Waals surface area contributed by atoms with Crippen molar-refractivity contribution in [2.75, 3.05) is 19.6 Å².